The van der Waals surface area contributed by atoms with Crippen LogP contribution in [0.2, 0.25) is 0 Å². The van der Waals surface area contributed by atoms with Gasteiger partial charge in [-0.25, -0.2) is 0 Å². The fraction of sp³-hybridized carbons (Fsp3) is 0.929. The molecule has 0 unspecified atom stereocenters. The number of likely N-dealkylation sites (tertiary alicyclic amines) is 1. The highest BCUT2D eigenvalue weighted by Crippen LogP contribution is 2.45. The summed E-state index contributed by atoms with van der Waals surface area (Å²) in [7, 11) is 1.93. The van der Waals surface area contributed by atoms with E-state index in [2.05, 4.69) is 15.2 Å². The molecule has 1 aliphatic heterocycles. The fourth-order valence-electron chi connectivity index (χ4n) is 3.54. The van der Waals surface area contributed by atoms with Gasteiger partial charge in [-0.1, -0.05) is 12.8 Å². The second-order valence-electron chi connectivity index (χ2n) is 6.25. The van der Waals surface area contributed by atoms with Crippen molar-refractivity contribution in [3.05, 3.63) is 0 Å². The molecule has 0 aromatic rings. The Morgan fingerprint density at radius 3 is 2.61 bits per heavy atom. The molecule has 1 N–H and O–H groups in total. The monoisotopic (exact) mass is 363 g/mol. The first-order valence-electron chi connectivity index (χ1n) is 7.27. The van der Waals surface area contributed by atoms with Gasteiger partial charge in [0.15, 0.2) is 5.96 Å². The van der Waals surface area contributed by atoms with Crippen molar-refractivity contribution in [2.24, 2.45) is 16.3 Å². The van der Waals surface area contributed by atoms with Crippen LogP contribution < -0.4 is 5.32 Å². The third-order valence-electron chi connectivity index (χ3n) is 4.86. The molecule has 1 saturated heterocycles. The molecule has 3 aliphatic rings. The summed E-state index contributed by atoms with van der Waals surface area (Å²) in [5, 5.41) is 3.56. The summed E-state index contributed by atoms with van der Waals surface area (Å²) in [6.45, 7) is 3.60. The van der Waals surface area contributed by atoms with Crippen molar-refractivity contribution in [1.82, 2.24) is 10.2 Å². The second-order valence-corrected chi connectivity index (χ2v) is 6.25. The summed E-state index contributed by atoms with van der Waals surface area (Å²) >= 11 is 0. The van der Waals surface area contributed by atoms with E-state index in [1.807, 2.05) is 7.05 Å². The lowest BCUT2D eigenvalue weighted by Crippen LogP contribution is -2.41. The second kappa shape index (κ2) is 5.97. The van der Waals surface area contributed by atoms with Gasteiger partial charge < -0.3 is 10.2 Å². The maximum atomic E-state index is 4.46. The lowest BCUT2D eigenvalue weighted by atomic mass is 9.86. The van der Waals surface area contributed by atoms with E-state index in [1.165, 1.54) is 58.0 Å². The first-order chi connectivity index (χ1) is 8.31. The van der Waals surface area contributed by atoms with Crippen LogP contribution >= 0.6 is 24.0 Å². The maximum Gasteiger partial charge on any atom is 0.193 e. The van der Waals surface area contributed by atoms with Gasteiger partial charge in [-0.05, 0) is 43.4 Å². The minimum atomic E-state index is 0. The topological polar surface area (TPSA) is 27.6 Å². The summed E-state index contributed by atoms with van der Waals surface area (Å²) < 4.78 is 0. The molecule has 1 spiro atoms. The molecule has 0 atom stereocenters. The van der Waals surface area contributed by atoms with E-state index < -0.39 is 0 Å². The lowest BCUT2D eigenvalue weighted by Gasteiger charge is -2.25. The number of guanidine groups is 1. The van der Waals surface area contributed by atoms with Crippen LogP contribution in [0.1, 0.15) is 44.9 Å². The Morgan fingerprint density at radius 1 is 1.28 bits per heavy atom. The Labute approximate surface area is 128 Å². The molecule has 2 saturated carbocycles. The predicted molar refractivity (Wildman–Crippen MR) is 86.6 cm³/mol. The zero-order valence-corrected chi connectivity index (χ0v) is 13.8. The van der Waals surface area contributed by atoms with Gasteiger partial charge in [0.2, 0.25) is 0 Å². The van der Waals surface area contributed by atoms with E-state index in [-0.39, 0.29) is 24.0 Å². The number of nitrogens with zero attached hydrogens (tertiary/aromatic N) is 2. The molecule has 3 rings (SSSR count). The Kier molecular flexibility index (Phi) is 4.78. The van der Waals surface area contributed by atoms with E-state index in [1.54, 1.807) is 0 Å². The number of hydrogen-bond acceptors (Lipinski definition) is 1. The molecule has 3 fully saturated rings. The first-order valence-corrected chi connectivity index (χ1v) is 7.27. The summed E-state index contributed by atoms with van der Waals surface area (Å²) in [5.74, 6) is 2.08. The number of aliphatic imine (C=N–C) groups is 1. The number of halogens is 1. The van der Waals surface area contributed by atoms with Gasteiger partial charge in [0, 0.05) is 26.7 Å². The number of nitrogens with one attached hydrogen (secondary N) is 1. The molecule has 0 aromatic heterocycles. The van der Waals surface area contributed by atoms with Crippen LogP contribution in [0.15, 0.2) is 4.99 Å². The number of hydrogen-bond donors (Lipinski definition) is 1. The highest BCUT2D eigenvalue weighted by atomic mass is 127. The van der Waals surface area contributed by atoms with Crippen molar-refractivity contribution in [1.29, 1.82) is 0 Å². The predicted octanol–water partition coefficient (Wildman–Crippen LogP) is 2.86. The lowest BCUT2D eigenvalue weighted by molar-refractivity contribution is 0.309. The highest BCUT2D eigenvalue weighted by Gasteiger charge is 2.41. The van der Waals surface area contributed by atoms with Crippen molar-refractivity contribution in [3.8, 4) is 0 Å². The summed E-state index contributed by atoms with van der Waals surface area (Å²) in [6, 6.07) is 0. The average Bonchev–Trinajstić information content (AvgIpc) is 2.92. The molecule has 4 heteroatoms. The standard InChI is InChI=1S/C14H25N3.HI/c1-15-13(16-10-12-4-5-12)17-9-8-14(11-17)6-2-3-7-14;/h12H,2-11H2,1H3,(H,15,16);1H. The van der Waals surface area contributed by atoms with Crippen molar-refractivity contribution >= 4 is 29.9 Å². The normalized spacial score (nSPS) is 26.5. The first kappa shape index (κ1) is 14.4. The Hall–Kier alpha value is 0. The fourth-order valence-corrected chi connectivity index (χ4v) is 3.54. The van der Waals surface area contributed by atoms with E-state index in [0.29, 0.717) is 5.41 Å². The van der Waals surface area contributed by atoms with Gasteiger partial charge in [-0.2, -0.15) is 0 Å². The summed E-state index contributed by atoms with van der Waals surface area (Å²) in [5.41, 5.74) is 0.650. The van der Waals surface area contributed by atoms with E-state index in [0.717, 1.165) is 18.4 Å². The van der Waals surface area contributed by atoms with Gasteiger partial charge >= 0.3 is 0 Å². The van der Waals surface area contributed by atoms with Crippen LogP contribution in [-0.2, 0) is 0 Å². The molecular weight excluding hydrogens is 337 g/mol. The van der Waals surface area contributed by atoms with Crippen molar-refractivity contribution in [2.75, 3.05) is 26.7 Å². The SMILES string of the molecule is CN=C(NCC1CC1)N1CCC2(CCCC2)C1.I. The van der Waals surface area contributed by atoms with Crippen LogP contribution in [-0.4, -0.2) is 37.5 Å². The summed E-state index contributed by atoms with van der Waals surface area (Å²) in [6.07, 6.45) is 10.00. The molecule has 2 aliphatic carbocycles. The Morgan fingerprint density at radius 2 is 2.00 bits per heavy atom. The van der Waals surface area contributed by atoms with Crippen molar-refractivity contribution in [3.63, 3.8) is 0 Å². The van der Waals surface area contributed by atoms with E-state index in [9.17, 15) is 0 Å². The molecule has 0 amide bonds. The molecular formula is C14H26IN3. The van der Waals surface area contributed by atoms with Crippen LogP contribution in [0.5, 0.6) is 0 Å². The van der Waals surface area contributed by atoms with Gasteiger partial charge in [-0.15, -0.1) is 24.0 Å². The van der Waals surface area contributed by atoms with Crippen LogP contribution in [0, 0.1) is 11.3 Å². The van der Waals surface area contributed by atoms with Gasteiger partial charge in [0.1, 0.15) is 0 Å². The highest BCUT2D eigenvalue weighted by molar-refractivity contribution is 14.0. The molecule has 104 valence electrons. The van der Waals surface area contributed by atoms with Crippen LogP contribution in [0.25, 0.3) is 0 Å². The quantitative estimate of drug-likeness (QED) is 0.464. The zero-order valence-electron chi connectivity index (χ0n) is 11.5. The molecule has 0 aromatic carbocycles. The van der Waals surface area contributed by atoms with Gasteiger partial charge in [-0.3, -0.25) is 4.99 Å². The summed E-state index contributed by atoms with van der Waals surface area (Å²) in [4.78, 5) is 6.95. The van der Waals surface area contributed by atoms with Crippen LogP contribution in [0.3, 0.4) is 0 Å². The third-order valence-corrected chi connectivity index (χ3v) is 4.86. The minimum Gasteiger partial charge on any atom is -0.356 e. The van der Waals surface area contributed by atoms with Gasteiger partial charge in [0.05, 0.1) is 0 Å². The van der Waals surface area contributed by atoms with Crippen LogP contribution in [0.4, 0.5) is 0 Å². The smallest absolute Gasteiger partial charge is 0.193 e. The molecule has 3 nitrogen and oxygen atoms in total. The van der Waals surface area contributed by atoms with Gasteiger partial charge in [0.25, 0.3) is 0 Å². The Bertz CT molecular complexity index is 306. The largest absolute Gasteiger partial charge is 0.356 e. The van der Waals surface area contributed by atoms with Crippen molar-refractivity contribution in [2.45, 2.75) is 44.9 Å². The maximum absolute atomic E-state index is 4.46. The molecule has 1 heterocycles. The van der Waals surface area contributed by atoms with E-state index >= 15 is 0 Å². The zero-order chi connectivity index (χ0) is 11.7. The molecule has 0 radical (unpaired) electrons. The minimum absolute atomic E-state index is 0. The van der Waals surface area contributed by atoms with Crippen molar-refractivity contribution < 1.29 is 0 Å². The molecule has 0 bridgehead atoms. The average molecular weight is 363 g/mol. The third kappa shape index (κ3) is 3.11. The molecule has 18 heavy (non-hydrogen) atoms. The van der Waals surface area contributed by atoms with E-state index in [4.69, 9.17) is 0 Å². The Balaban J connectivity index is 0.00000120. The number of rotatable bonds is 2.